The standard InChI is InChI=1S/C19H23FN2OS/c1-14(8-17-12-24-13-21-17)10-22-6-4-19(5-7-22)18-3-2-16(20)9-15(18)11-23-19/h2-3,9,12-14H,4-8,10-11H2,1H3. The third kappa shape index (κ3) is 3.13. The Bertz CT molecular complexity index is 695. The maximum Gasteiger partial charge on any atom is 0.123 e. The van der Waals surface area contributed by atoms with E-state index in [1.165, 1.54) is 11.3 Å². The molecule has 1 unspecified atom stereocenters. The molecule has 2 aromatic rings. The van der Waals surface area contributed by atoms with Crippen LogP contribution in [0.5, 0.6) is 0 Å². The fourth-order valence-electron chi connectivity index (χ4n) is 4.13. The van der Waals surface area contributed by atoms with Crippen LogP contribution in [-0.4, -0.2) is 29.5 Å². The van der Waals surface area contributed by atoms with E-state index in [0.717, 1.165) is 44.5 Å². The van der Waals surface area contributed by atoms with Gasteiger partial charge >= 0.3 is 0 Å². The van der Waals surface area contributed by atoms with Gasteiger partial charge in [-0.2, -0.15) is 0 Å². The zero-order valence-electron chi connectivity index (χ0n) is 14.0. The van der Waals surface area contributed by atoms with Gasteiger partial charge < -0.3 is 9.64 Å². The van der Waals surface area contributed by atoms with E-state index in [1.54, 1.807) is 23.5 Å². The Hall–Kier alpha value is -1.30. The summed E-state index contributed by atoms with van der Waals surface area (Å²) in [4.78, 5) is 6.92. The van der Waals surface area contributed by atoms with Crippen LogP contribution in [0.25, 0.3) is 0 Å². The maximum atomic E-state index is 13.4. The fourth-order valence-corrected chi connectivity index (χ4v) is 4.70. The van der Waals surface area contributed by atoms with E-state index >= 15 is 0 Å². The molecule has 5 heteroatoms. The Kier molecular flexibility index (Phi) is 4.41. The lowest BCUT2D eigenvalue weighted by atomic mass is 9.83. The van der Waals surface area contributed by atoms with Crippen molar-refractivity contribution in [2.75, 3.05) is 19.6 Å². The molecule has 0 aliphatic carbocycles. The third-order valence-corrected chi connectivity index (χ3v) is 5.97. The summed E-state index contributed by atoms with van der Waals surface area (Å²) in [5.41, 5.74) is 5.16. The molecule has 4 rings (SSSR count). The van der Waals surface area contributed by atoms with Gasteiger partial charge in [0.25, 0.3) is 0 Å². The number of benzene rings is 1. The molecule has 3 heterocycles. The van der Waals surface area contributed by atoms with Gasteiger partial charge in [-0.25, -0.2) is 9.37 Å². The predicted molar refractivity (Wildman–Crippen MR) is 93.5 cm³/mol. The molecule has 3 nitrogen and oxygen atoms in total. The predicted octanol–water partition coefficient (Wildman–Crippen LogP) is 3.98. The van der Waals surface area contributed by atoms with Crippen molar-refractivity contribution in [2.45, 2.75) is 38.4 Å². The highest BCUT2D eigenvalue weighted by Crippen LogP contribution is 2.44. The summed E-state index contributed by atoms with van der Waals surface area (Å²) >= 11 is 1.67. The van der Waals surface area contributed by atoms with Gasteiger partial charge in [-0.05, 0) is 48.4 Å². The summed E-state index contributed by atoms with van der Waals surface area (Å²) in [5, 5.41) is 2.14. The number of hydrogen-bond acceptors (Lipinski definition) is 4. The number of ether oxygens (including phenoxy) is 1. The largest absolute Gasteiger partial charge is 0.365 e. The molecule has 2 aliphatic heterocycles. The van der Waals surface area contributed by atoms with Crippen molar-refractivity contribution < 1.29 is 9.13 Å². The number of likely N-dealkylation sites (tertiary alicyclic amines) is 1. The van der Waals surface area contributed by atoms with Gasteiger partial charge in [-0.15, -0.1) is 11.3 Å². The van der Waals surface area contributed by atoms with E-state index in [0.29, 0.717) is 12.5 Å². The minimum absolute atomic E-state index is 0.164. The molecule has 0 saturated carbocycles. The minimum atomic E-state index is -0.183. The molecule has 1 fully saturated rings. The Balaban J connectivity index is 1.36. The average Bonchev–Trinajstić information content (AvgIpc) is 3.18. The summed E-state index contributed by atoms with van der Waals surface area (Å²) in [6.07, 6.45) is 3.04. The molecule has 1 spiro atoms. The molecule has 0 N–H and O–H groups in total. The summed E-state index contributed by atoms with van der Waals surface area (Å²) in [6, 6.07) is 5.13. The highest BCUT2D eigenvalue weighted by Gasteiger charge is 2.42. The summed E-state index contributed by atoms with van der Waals surface area (Å²) < 4.78 is 19.6. The number of piperidine rings is 1. The SMILES string of the molecule is CC(Cc1cscn1)CN1CCC2(CC1)OCc1cc(F)ccc12. The van der Waals surface area contributed by atoms with Crippen molar-refractivity contribution in [1.82, 2.24) is 9.88 Å². The topological polar surface area (TPSA) is 25.4 Å². The second-order valence-electron chi connectivity index (χ2n) is 7.17. The van der Waals surface area contributed by atoms with E-state index in [1.807, 2.05) is 11.6 Å². The van der Waals surface area contributed by atoms with E-state index in [-0.39, 0.29) is 11.4 Å². The molecule has 24 heavy (non-hydrogen) atoms. The highest BCUT2D eigenvalue weighted by atomic mass is 32.1. The van der Waals surface area contributed by atoms with E-state index in [4.69, 9.17) is 4.74 Å². The van der Waals surface area contributed by atoms with Crippen molar-refractivity contribution in [3.63, 3.8) is 0 Å². The van der Waals surface area contributed by atoms with E-state index < -0.39 is 0 Å². The fraction of sp³-hybridized carbons (Fsp3) is 0.526. The minimum Gasteiger partial charge on any atom is -0.365 e. The summed E-state index contributed by atoms with van der Waals surface area (Å²) in [7, 11) is 0. The van der Waals surface area contributed by atoms with Gasteiger partial charge in [-0.3, -0.25) is 0 Å². The number of hydrogen-bond donors (Lipinski definition) is 0. The molecule has 128 valence electrons. The maximum absolute atomic E-state index is 13.4. The molecular formula is C19H23FN2OS. The van der Waals surface area contributed by atoms with Crippen molar-refractivity contribution in [1.29, 1.82) is 0 Å². The number of nitrogens with zero attached hydrogens (tertiary/aromatic N) is 2. The van der Waals surface area contributed by atoms with Crippen LogP contribution in [0.15, 0.2) is 29.1 Å². The van der Waals surface area contributed by atoms with Crippen LogP contribution in [0.3, 0.4) is 0 Å². The smallest absolute Gasteiger partial charge is 0.123 e. The van der Waals surface area contributed by atoms with Gasteiger partial charge in [0.15, 0.2) is 0 Å². The summed E-state index contributed by atoms with van der Waals surface area (Å²) in [6.45, 7) is 6.03. The van der Waals surface area contributed by atoms with Gasteiger partial charge in [0, 0.05) is 25.0 Å². The number of fused-ring (bicyclic) bond motifs is 2. The zero-order chi connectivity index (χ0) is 16.6. The molecule has 2 aliphatic rings. The number of aromatic nitrogens is 1. The quantitative estimate of drug-likeness (QED) is 0.837. The lowest BCUT2D eigenvalue weighted by Crippen LogP contribution is -2.44. The highest BCUT2D eigenvalue weighted by molar-refractivity contribution is 7.07. The number of halogens is 1. The Labute approximate surface area is 146 Å². The van der Waals surface area contributed by atoms with Crippen molar-refractivity contribution in [3.05, 3.63) is 51.7 Å². The molecule has 1 atom stereocenters. The van der Waals surface area contributed by atoms with Crippen LogP contribution < -0.4 is 0 Å². The Morgan fingerprint density at radius 3 is 2.96 bits per heavy atom. The van der Waals surface area contributed by atoms with Gasteiger partial charge in [0.1, 0.15) is 5.82 Å². The molecule has 0 bridgehead atoms. The molecule has 1 aromatic heterocycles. The first-order chi connectivity index (χ1) is 11.6. The second-order valence-corrected chi connectivity index (χ2v) is 7.89. The van der Waals surface area contributed by atoms with Crippen LogP contribution >= 0.6 is 11.3 Å². The first-order valence-electron chi connectivity index (χ1n) is 8.67. The molecule has 0 amide bonds. The first-order valence-corrected chi connectivity index (χ1v) is 9.61. The third-order valence-electron chi connectivity index (χ3n) is 5.34. The van der Waals surface area contributed by atoms with E-state index in [9.17, 15) is 4.39 Å². The van der Waals surface area contributed by atoms with Gasteiger partial charge in [-0.1, -0.05) is 13.0 Å². The Morgan fingerprint density at radius 1 is 1.38 bits per heavy atom. The molecular weight excluding hydrogens is 323 g/mol. The molecule has 1 aromatic carbocycles. The van der Waals surface area contributed by atoms with Crippen LogP contribution in [0.2, 0.25) is 0 Å². The van der Waals surface area contributed by atoms with Crippen LogP contribution in [-0.2, 0) is 23.4 Å². The van der Waals surface area contributed by atoms with Crippen LogP contribution in [0.1, 0.15) is 36.6 Å². The number of rotatable bonds is 4. The van der Waals surface area contributed by atoms with E-state index in [2.05, 4.69) is 22.2 Å². The van der Waals surface area contributed by atoms with Crippen molar-refractivity contribution in [2.24, 2.45) is 5.92 Å². The normalized spacial score (nSPS) is 21.1. The average molecular weight is 346 g/mol. The monoisotopic (exact) mass is 346 g/mol. The van der Waals surface area contributed by atoms with Gasteiger partial charge in [0.2, 0.25) is 0 Å². The first kappa shape index (κ1) is 16.2. The number of thiazole rings is 1. The lowest BCUT2D eigenvalue weighted by molar-refractivity contribution is -0.0800. The van der Waals surface area contributed by atoms with Crippen LogP contribution in [0.4, 0.5) is 4.39 Å². The second kappa shape index (κ2) is 6.54. The zero-order valence-corrected chi connectivity index (χ0v) is 14.8. The van der Waals surface area contributed by atoms with Crippen molar-refractivity contribution >= 4 is 11.3 Å². The van der Waals surface area contributed by atoms with Gasteiger partial charge in [0.05, 0.1) is 23.4 Å². The van der Waals surface area contributed by atoms with Crippen LogP contribution in [0, 0.1) is 11.7 Å². The molecule has 1 saturated heterocycles. The summed E-state index contributed by atoms with van der Waals surface area (Å²) in [5.74, 6) is 0.440. The lowest BCUT2D eigenvalue weighted by Gasteiger charge is -2.40. The molecule has 0 radical (unpaired) electrons. The van der Waals surface area contributed by atoms with Crippen molar-refractivity contribution in [3.8, 4) is 0 Å². The Morgan fingerprint density at radius 2 is 2.21 bits per heavy atom.